The lowest BCUT2D eigenvalue weighted by Gasteiger charge is -2.24. The topological polar surface area (TPSA) is 25.0 Å². The molecule has 1 aromatic heterocycles. The summed E-state index contributed by atoms with van der Waals surface area (Å²) in [6.45, 7) is 9.13. The molecule has 4 heteroatoms. The van der Waals surface area contributed by atoms with Crippen molar-refractivity contribution in [3.05, 3.63) is 97.3 Å². The first kappa shape index (κ1) is 20.7. The SMILES string of the molecule is CC1=CC(C2=C(C)OCC(C)=C2C)=Cc2c(Cc3c(F)cccc3Cl)c[nH]c2CC1. The number of aromatic nitrogens is 1. The predicted octanol–water partition coefficient (Wildman–Crippen LogP) is 7.31. The quantitative estimate of drug-likeness (QED) is 0.549. The molecule has 0 unspecified atom stereocenters. The minimum Gasteiger partial charge on any atom is -0.493 e. The second kappa shape index (κ2) is 8.31. The molecule has 0 atom stereocenters. The van der Waals surface area contributed by atoms with Crippen LogP contribution in [0.4, 0.5) is 4.39 Å². The first-order chi connectivity index (χ1) is 14.3. The molecule has 1 N–H and O–H groups in total. The van der Waals surface area contributed by atoms with Crippen LogP contribution in [-0.2, 0) is 17.6 Å². The molecule has 0 amide bonds. The maximum absolute atomic E-state index is 14.4. The van der Waals surface area contributed by atoms with E-state index in [1.165, 1.54) is 28.5 Å². The van der Waals surface area contributed by atoms with Crippen LogP contribution in [0.15, 0.2) is 64.1 Å². The van der Waals surface area contributed by atoms with Crippen molar-refractivity contribution in [1.29, 1.82) is 0 Å². The van der Waals surface area contributed by atoms with Crippen LogP contribution in [-0.4, -0.2) is 11.6 Å². The van der Waals surface area contributed by atoms with Crippen LogP contribution in [0.2, 0.25) is 5.02 Å². The van der Waals surface area contributed by atoms with E-state index in [1.807, 2.05) is 13.1 Å². The van der Waals surface area contributed by atoms with Crippen LogP contribution in [0.5, 0.6) is 0 Å². The zero-order valence-electron chi connectivity index (χ0n) is 18.0. The Morgan fingerprint density at radius 1 is 1.10 bits per heavy atom. The molecule has 156 valence electrons. The molecule has 0 fully saturated rings. The lowest BCUT2D eigenvalue weighted by atomic mass is 9.87. The molecule has 0 bridgehead atoms. The van der Waals surface area contributed by atoms with Gasteiger partial charge in [0.15, 0.2) is 0 Å². The van der Waals surface area contributed by atoms with E-state index in [0.29, 0.717) is 23.6 Å². The van der Waals surface area contributed by atoms with Gasteiger partial charge >= 0.3 is 0 Å². The second-order valence-corrected chi connectivity index (χ2v) is 8.71. The number of aromatic amines is 1. The zero-order valence-corrected chi connectivity index (χ0v) is 18.7. The summed E-state index contributed by atoms with van der Waals surface area (Å²) in [6, 6.07) is 4.86. The maximum atomic E-state index is 14.4. The molecule has 1 aromatic carbocycles. The van der Waals surface area contributed by atoms with Crippen LogP contribution in [0.3, 0.4) is 0 Å². The van der Waals surface area contributed by atoms with Crippen molar-refractivity contribution in [2.75, 3.05) is 6.61 Å². The van der Waals surface area contributed by atoms with Crippen LogP contribution in [0.25, 0.3) is 6.08 Å². The summed E-state index contributed by atoms with van der Waals surface area (Å²) in [5.74, 6) is 0.682. The average molecular weight is 424 g/mol. The van der Waals surface area contributed by atoms with E-state index in [4.69, 9.17) is 16.3 Å². The molecule has 2 aliphatic rings. The highest BCUT2D eigenvalue weighted by molar-refractivity contribution is 6.31. The van der Waals surface area contributed by atoms with E-state index in [9.17, 15) is 4.39 Å². The number of ether oxygens (including phenoxy) is 1. The molecule has 0 radical (unpaired) electrons. The van der Waals surface area contributed by atoms with E-state index >= 15 is 0 Å². The van der Waals surface area contributed by atoms with Gasteiger partial charge in [0.1, 0.15) is 18.2 Å². The van der Waals surface area contributed by atoms with Crippen molar-refractivity contribution < 1.29 is 9.13 Å². The fraction of sp³-hybridized carbons (Fsp3) is 0.308. The lowest BCUT2D eigenvalue weighted by molar-refractivity contribution is 0.232. The molecule has 30 heavy (non-hydrogen) atoms. The highest BCUT2D eigenvalue weighted by atomic mass is 35.5. The van der Waals surface area contributed by atoms with Gasteiger partial charge in [0, 0.05) is 34.5 Å². The zero-order chi connectivity index (χ0) is 21.4. The van der Waals surface area contributed by atoms with E-state index in [-0.39, 0.29) is 5.82 Å². The van der Waals surface area contributed by atoms with Crippen molar-refractivity contribution in [1.82, 2.24) is 4.98 Å². The number of halogens is 2. The number of aryl methyl sites for hydroxylation is 1. The third-order valence-corrected chi connectivity index (χ3v) is 6.51. The number of allylic oxidation sites excluding steroid dienone is 6. The van der Waals surface area contributed by atoms with Crippen molar-refractivity contribution in [3.8, 4) is 0 Å². The molecule has 0 spiro atoms. The Balaban J connectivity index is 1.85. The molecule has 2 heterocycles. The van der Waals surface area contributed by atoms with Crippen LogP contribution in [0, 0.1) is 5.82 Å². The summed E-state index contributed by atoms with van der Waals surface area (Å²) in [6.07, 6.45) is 8.83. The maximum Gasteiger partial charge on any atom is 0.128 e. The summed E-state index contributed by atoms with van der Waals surface area (Å²) in [4.78, 5) is 3.43. The number of rotatable bonds is 3. The van der Waals surface area contributed by atoms with E-state index in [0.717, 1.165) is 40.9 Å². The average Bonchev–Trinajstić information content (AvgIpc) is 3.05. The molecule has 2 aromatic rings. The third-order valence-electron chi connectivity index (χ3n) is 6.15. The van der Waals surface area contributed by atoms with Gasteiger partial charge in [0.2, 0.25) is 0 Å². The molecule has 2 nitrogen and oxygen atoms in total. The Morgan fingerprint density at radius 2 is 1.90 bits per heavy atom. The molecule has 4 rings (SSSR count). The van der Waals surface area contributed by atoms with Gasteiger partial charge < -0.3 is 9.72 Å². The molecule has 1 aliphatic heterocycles. The van der Waals surface area contributed by atoms with Crippen molar-refractivity contribution in [3.63, 3.8) is 0 Å². The normalized spacial score (nSPS) is 17.1. The summed E-state index contributed by atoms with van der Waals surface area (Å²) in [5.41, 5.74) is 10.0. The van der Waals surface area contributed by atoms with Crippen LogP contribution < -0.4 is 0 Å². The number of nitrogens with one attached hydrogen (secondary N) is 1. The summed E-state index contributed by atoms with van der Waals surface area (Å²) < 4.78 is 20.4. The van der Waals surface area contributed by atoms with Gasteiger partial charge in [-0.3, -0.25) is 0 Å². The van der Waals surface area contributed by atoms with Gasteiger partial charge in [-0.25, -0.2) is 4.39 Å². The smallest absolute Gasteiger partial charge is 0.128 e. The lowest BCUT2D eigenvalue weighted by Crippen LogP contribution is -2.10. The van der Waals surface area contributed by atoms with Crippen molar-refractivity contribution in [2.45, 2.75) is 47.0 Å². The van der Waals surface area contributed by atoms with Gasteiger partial charge in [-0.2, -0.15) is 0 Å². The summed E-state index contributed by atoms with van der Waals surface area (Å²) in [5, 5.41) is 0.462. The largest absolute Gasteiger partial charge is 0.493 e. The standard InChI is InChI=1S/C26H27ClFNO/c1-15-8-9-25-21(11-19(10-15)26-17(3)16(2)14-30-18(26)4)20(13-29-25)12-22-23(27)6-5-7-24(22)28/h5-7,10-11,13,29H,8-9,12,14H2,1-4H3. The fourth-order valence-corrected chi connectivity index (χ4v) is 4.47. The Labute approximate surface area is 182 Å². The van der Waals surface area contributed by atoms with Gasteiger partial charge in [-0.1, -0.05) is 29.3 Å². The van der Waals surface area contributed by atoms with Crippen molar-refractivity contribution >= 4 is 17.7 Å². The number of benzene rings is 1. The Kier molecular flexibility index (Phi) is 5.75. The summed E-state index contributed by atoms with van der Waals surface area (Å²) >= 11 is 6.31. The van der Waals surface area contributed by atoms with E-state index in [2.05, 4.69) is 37.9 Å². The monoisotopic (exact) mass is 423 g/mol. The number of hydrogen-bond donors (Lipinski definition) is 1. The van der Waals surface area contributed by atoms with Gasteiger partial charge in [0.05, 0.1) is 0 Å². The van der Waals surface area contributed by atoms with Gasteiger partial charge in [-0.05, 0) is 86.6 Å². The molecule has 0 saturated heterocycles. The Morgan fingerprint density at radius 3 is 2.67 bits per heavy atom. The highest BCUT2D eigenvalue weighted by Gasteiger charge is 2.21. The minimum absolute atomic E-state index is 0.267. The fourth-order valence-electron chi connectivity index (χ4n) is 4.24. The minimum atomic E-state index is -0.267. The molecular formula is C26H27ClFNO. The third kappa shape index (κ3) is 3.91. The van der Waals surface area contributed by atoms with E-state index in [1.54, 1.807) is 12.1 Å². The number of hydrogen-bond acceptors (Lipinski definition) is 1. The van der Waals surface area contributed by atoms with Gasteiger partial charge in [-0.15, -0.1) is 0 Å². The predicted molar refractivity (Wildman–Crippen MR) is 122 cm³/mol. The number of fused-ring (bicyclic) bond motifs is 1. The molecular weight excluding hydrogens is 397 g/mol. The Bertz CT molecular complexity index is 1110. The van der Waals surface area contributed by atoms with Crippen molar-refractivity contribution in [2.24, 2.45) is 0 Å². The first-order valence-corrected chi connectivity index (χ1v) is 10.7. The molecule has 1 aliphatic carbocycles. The van der Waals surface area contributed by atoms with Gasteiger partial charge in [0.25, 0.3) is 0 Å². The van der Waals surface area contributed by atoms with Crippen LogP contribution in [0.1, 0.15) is 56.5 Å². The summed E-state index contributed by atoms with van der Waals surface area (Å²) in [7, 11) is 0. The van der Waals surface area contributed by atoms with Crippen LogP contribution >= 0.6 is 11.6 Å². The highest BCUT2D eigenvalue weighted by Crippen LogP contribution is 2.36. The molecule has 0 saturated carbocycles. The second-order valence-electron chi connectivity index (χ2n) is 8.30. The van der Waals surface area contributed by atoms with E-state index < -0.39 is 0 Å². The number of H-pyrrole nitrogens is 1. The Hall–Kier alpha value is -2.52. The first-order valence-electron chi connectivity index (χ1n) is 10.4.